The Morgan fingerprint density at radius 3 is 2.52 bits per heavy atom. The van der Waals surface area contributed by atoms with Crippen LogP contribution in [-0.4, -0.2) is 87.8 Å². The molecule has 1 atom stereocenters. The van der Waals surface area contributed by atoms with Gasteiger partial charge in [-0.3, -0.25) is 4.79 Å². The Balaban J connectivity index is 1.36. The Kier molecular flexibility index (Phi) is 8.09. The molecule has 2 saturated heterocycles. The fourth-order valence-electron chi connectivity index (χ4n) is 4.11. The molecule has 0 bridgehead atoms. The Morgan fingerprint density at radius 2 is 1.90 bits per heavy atom. The second kappa shape index (κ2) is 10.3. The molecule has 9 heteroatoms. The summed E-state index contributed by atoms with van der Waals surface area (Å²) < 4.78 is 27.2. The number of carbonyl (C=O) groups is 1. The molecule has 0 saturated carbocycles. The Morgan fingerprint density at radius 1 is 1.21 bits per heavy atom. The Hall–Kier alpha value is -1.00. The van der Waals surface area contributed by atoms with Crippen molar-refractivity contribution in [1.82, 2.24) is 19.4 Å². The van der Waals surface area contributed by atoms with Crippen molar-refractivity contribution in [2.75, 3.05) is 59.4 Å². The van der Waals surface area contributed by atoms with Crippen molar-refractivity contribution in [2.24, 2.45) is 11.8 Å². The summed E-state index contributed by atoms with van der Waals surface area (Å²) in [4.78, 5) is 17.3. The van der Waals surface area contributed by atoms with Crippen LogP contribution < -0.4 is 5.32 Å². The monoisotopic (exact) mass is 442 g/mol. The molecule has 2 aliphatic heterocycles. The van der Waals surface area contributed by atoms with Crippen LogP contribution in [0.1, 0.15) is 26.2 Å². The predicted octanol–water partition coefficient (Wildman–Crippen LogP) is 1.54. The van der Waals surface area contributed by atoms with E-state index in [1.807, 2.05) is 6.92 Å². The zero-order chi connectivity index (χ0) is 20.9. The summed E-state index contributed by atoms with van der Waals surface area (Å²) >= 11 is 1.26. The highest BCUT2D eigenvalue weighted by atomic mass is 32.2. The maximum Gasteiger partial charge on any atom is 0.252 e. The first-order valence-corrected chi connectivity index (χ1v) is 12.9. The molecule has 0 radical (unpaired) electrons. The van der Waals surface area contributed by atoms with Gasteiger partial charge in [0.25, 0.3) is 10.0 Å². The first kappa shape index (κ1) is 22.7. The molecule has 1 aromatic rings. The lowest BCUT2D eigenvalue weighted by Gasteiger charge is -2.33. The van der Waals surface area contributed by atoms with Gasteiger partial charge in [0.1, 0.15) is 4.21 Å². The number of carbonyl (C=O) groups excluding carboxylic acids is 1. The highest BCUT2D eigenvalue weighted by Gasteiger charge is 2.33. The maximum absolute atomic E-state index is 12.6. The number of rotatable bonds is 8. The molecular formula is C20H34N4O3S2. The van der Waals surface area contributed by atoms with Gasteiger partial charge in [-0.25, -0.2) is 8.42 Å². The lowest BCUT2D eigenvalue weighted by Crippen LogP contribution is -2.45. The summed E-state index contributed by atoms with van der Waals surface area (Å²) in [5, 5.41) is 4.87. The fraction of sp³-hybridized carbons (Fsp3) is 0.750. The van der Waals surface area contributed by atoms with Crippen molar-refractivity contribution in [2.45, 2.75) is 30.4 Å². The third-order valence-corrected chi connectivity index (χ3v) is 9.53. The molecule has 7 nitrogen and oxygen atoms in total. The van der Waals surface area contributed by atoms with Gasteiger partial charge in [-0.1, -0.05) is 13.0 Å². The van der Waals surface area contributed by atoms with E-state index in [-0.39, 0.29) is 17.7 Å². The van der Waals surface area contributed by atoms with Crippen molar-refractivity contribution >= 4 is 27.3 Å². The predicted molar refractivity (Wildman–Crippen MR) is 117 cm³/mol. The van der Waals surface area contributed by atoms with Crippen LogP contribution in [0.2, 0.25) is 0 Å². The molecule has 0 unspecified atom stereocenters. The molecule has 0 spiro atoms. The van der Waals surface area contributed by atoms with Crippen LogP contribution in [0.3, 0.4) is 0 Å². The van der Waals surface area contributed by atoms with Crippen molar-refractivity contribution in [1.29, 1.82) is 0 Å². The molecule has 29 heavy (non-hydrogen) atoms. The van der Waals surface area contributed by atoms with Gasteiger partial charge < -0.3 is 15.1 Å². The van der Waals surface area contributed by atoms with Crippen LogP contribution in [-0.2, 0) is 14.8 Å². The van der Waals surface area contributed by atoms with E-state index in [0.717, 1.165) is 52.0 Å². The third kappa shape index (κ3) is 6.01. The topological polar surface area (TPSA) is 73.0 Å². The van der Waals surface area contributed by atoms with Gasteiger partial charge in [-0.15, -0.1) is 11.3 Å². The number of piperidine rings is 1. The standard InChI is InChI=1S/C20H34N4O3S2/c1-17(20(25)21-8-4-9-23-14-12-22(2)13-15-23)18-6-10-24(11-7-18)29(26,27)19-5-3-16-28-19/h3,5,16-18H,4,6-15H2,1-2H3,(H,21,25)/t17-/m0/s1. The minimum atomic E-state index is -3.38. The number of nitrogens with zero attached hydrogens (tertiary/aromatic N) is 3. The van der Waals surface area contributed by atoms with Gasteiger partial charge in [-0.2, -0.15) is 4.31 Å². The van der Waals surface area contributed by atoms with Crippen molar-refractivity contribution < 1.29 is 13.2 Å². The zero-order valence-electron chi connectivity index (χ0n) is 17.5. The number of hydrogen-bond acceptors (Lipinski definition) is 6. The molecule has 3 rings (SSSR count). The highest BCUT2D eigenvalue weighted by molar-refractivity contribution is 7.91. The minimum Gasteiger partial charge on any atom is -0.356 e. The molecule has 0 aromatic carbocycles. The number of amides is 1. The van der Waals surface area contributed by atoms with Crippen LogP contribution in [0, 0.1) is 11.8 Å². The molecule has 1 amide bonds. The Bertz CT molecular complexity index is 738. The van der Waals surface area contributed by atoms with Gasteiger partial charge in [0.05, 0.1) is 0 Å². The number of hydrogen-bond donors (Lipinski definition) is 1. The van der Waals surface area contributed by atoms with E-state index in [1.54, 1.807) is 21.8 Å². The van der Waals surface area contributed by atoms with Crippen molar-refractivity contribution in [3.05, 3.63) is 17.5 Å². The van der Waals surface area contributed by atoms with Gasteiger partial charge in [0.15, 0.2) is 0 Å². The van der Waals surface area contributed by atoms with Gasteiger partial charge in [0, 0.05) is 51.7 Å². The second-order valence-corrected chi connectivity index (χ2v) is 11.4. The fourth-order valence-corrected chi connectivity index (χ4v) is 6.73. The number of piperazine rings is 1. The summed E-state index contributed by atoms with van der Waals surface area (Å²) in [6.07, 6.45) is 2.45. The second-order valence-electron chi connectivity index (χ2n) is 8.25. The normalized spacial score (nSPS) is 21.9. The van der Waals surface area contributed by atoms with E-state index in [0.29, 0.717) is 23.8 Å². The summed E-state index contributed by atoms with van der Waals surface area (Å²) in [5.41, 5.74) is 0. The summed E-state index contributed by atoms with van der Waals surface area (Å²) in [6, 6.07) is 3.42. The molecule has 2 aliphatic rings. The SMILES string of the molecule is C[C@H](C(=O)NCCCN1CCN(C)CC1)C1CCN(S(=O)(=O)c2cccs2)CC1. The first-order chi connectivity index (χ1) is 13.9. The van der Waals surface area contributed by atoms with Crippen LogP contribution in [0.4, 0.5) is 0 Å². The van der Waals surface area contributed by atoms with E-state index < -0.39 is 10.0 Å². The molecular weight excluding hydrogens is 408 g/mol. The number of thiophene rings is 1. The van der Waals surface area contributed by atoms with E-state index in [2.05, 4.69) is 22.2 Å². The van der Waals surface area contributed by atoms with Crippen LogP contribution >= 0.6 is 11.3 Å². The smallest absolute Gasteiger partial charge is 0.252 e. The average molecular weight is 443 g/mol. The van der Waals surface area contributed by atoms with Gasteiger partial charge >= 0.3 is 0 Å². The van der Waals surface area contributed by atoms with E-state index in [9.17, 15) is 13.2 Å². The zero-order valence-corrected chi connectivity index (χ0v) is 19.2. The summed E-state index contributed by atoms with van der Waals surface area (Å²) in [5.74, 6) is 0.260. The molecule has 2 fully saturated rings. The summed E-state index contributed by atoms with van der Waals surface area (Å²) in [7, 11) is -1.22. The average Bonchev–Trinajstić information content (AvgIpc) is 3.28. The van der Waals surface area contributed by atoms with Crippen molar-refractivity contribution in [3.8, 4) is 0 Å². The highest BCUT2D eigenvalue weighted by Crippen LogP contribution is 2.29. The number of sulfonamides is 1. The van der Waals surface area contributed by atoms with Crippen molar-refractivity contribution in [3.63, 3.8) is 0 Å². The number of likely N-dealkylation sites (N-methyl/N-ethyl adjacent to an activating group) is 1. The lowest BCUT2D eigenvalue weighted by molar-refractivity contribution is -0.126. The quantitative estimate of drug-likeness (QED) is 0.619. The largest absolute Gasteiger partial charge is 0.356 e. The number of nitrogens with one attached hydrogen (secondary N) is 1. The molecule has 164 valence electrons. The van der Waals surface area contributed by atoms with Gasteiger partial charge in [0.2, 0.25) is 5.91 Å². The van der Waals surface area contributed by atoms with E-state index in [1.165, 1.54) is 11.3 Å². The lowest BCUT2D eigenvalue weighted by atomic mass is 9.85. The van der Waals surface area contributed by atoms with Crippen LogP contribution in [0.25, 0.3) is 0 Å². The maximum atomic E-state index is 12.6. The van der Waals surface area contributed by atoms with E-state index >= 15 is 0 Å². The molecule has 0 aliphatic carbocycles. The Labute approximate surface area is 179 Å². The summed E-state index contributed by atoms with van der Waals surface area (Å²) in [6.45, 7) is 9.14. The third-order valence-electron chi connectivity index (χ3n) is 6.25. The molecule has 1 aromatic heterocycles. The van der Waals surface area contributed by atoms with Crippen LogP contribution in [0.5, 0.6) is 0 Å². The minimum absolute atomic E-state index is 0.0785. The van der Waals surface area contributed by atoms with E-state index in [4.69, 9.17) is 0 Å². The van der Waals surface area contributed by atoms with Gasteiger partial charge in [-0.05, 0) is 50.2 Å². The molecule has 3 heterocycles. The molecule has 1 N–H and O–H groups in total. The van der Waals surface area contributed by atoms with Crippen LogP contribution in [0.15, 0.2) is 21.7 Å². The first-order valence-electron chi connectivity index (χ1n) is 10.6.